The van der Waals surface area contributed by atoms with Crippen LogP contribution in [0, 0.1) is 5.92 Å². The van der Waals surface area contributed by atoms with Crippen LogP contribution >= 0.6 is 0 Å². The van der Waals surface area contributed by atoms with E-state index in [1.807, 2.05) is 13.1 Å². The maximum atomic E-state index is 5.68. The molecule has 1 heterocycles. The highest BCUT2D eigenvalue weighted by Gasteiger charge is 2.24. The van der Waals surface area contributed by atoms with Gasteiger partial charge in [-0.1, -0.05) is 20.3 Å². The van der Waals surface area contributed by atoms with Gasteiger partial charge in [0.2, 0.25) is 0 Å². The minimum absolute atomic E-state index is 0.176. The van der Waals surface area contributed by atoms with E-state index in [4.69, 9.17) is 5.73 Å². The highest BCUT2D eigenvalue weighted by Crippen LogP contribution is 2.16. The maximum Gasteiger partial charge on any atom is 0.0796 e. The third-order valence-corrected chi connectivity index (χ3v) is 2.84. The lowest BCUT2D eigenvalue weighted by atomic mass is 9.94. The van der Waals surface area contributed by atoms with E-state index in [1.165, 1.54) is 6.42 Å². The molecule has 0 radical (unpaired) electrons. The summed E-state index contributed by atoms with van der Waals surface area (Å²) >= 11 is 0. The van der Waals surface area contributed by atoms with Crippen LogP contribution in [0.2, 0.25) is 0 Å². The monoisotopic (exact) mass is 222 g/mol. The summed E-state index contributed by atoms with van der Waals surface area (Å²) in [7, 11) is 0. The second-order valence-corrected chi connectivity index (χ2v) is 4.19. The number of rotatable bonds is 5. The molecule has 2 unspecified atom stereocenters. The summed E-state index contributed by atoms with van der Waals surface area (Å²) in [6.45, 7) is 7.18. The number of nitrogens with two attached hydrogens (primary N) is 1. The van der Waals surface area contributed by atoms with Gasteiger partial charge in [-0.3, -0.25) is 4.99 Å². The zero-order chi connectivity index (χ0) is 12.0. The van der Waals surface area contributed by atoms with Crippen molar-refractivity contribution in [3.05, 3.63) is 11.8 Å². The fraction of sp³-hybridized carbons (Fsp3) is 0.667. The molecular formula is C12H22N4. The summed E-state index contributed by atoms with van der Waals surface area (Å²) in [4.78, 5) is 4.54. The molecule has 90 valence electrons. The first-order valence-electron chi connectivity index (χ1n) is 5.92. The molecule has 1 aliphatic heterocycles. The van der Waals surface area contributed by atoms with Gasteiger partial charge in [0.05, 0.1) is 6.04 Å². The van der Waals surface area contributed by atoms with E-state index in [0.717, 1.165) is 24.3 Å². The summed E-state index contributed by atoms with van der Waals surface area (Å²) in [5.74, 6) is 0.367. The van der Waals surface area contributed by atoms with Crippen LogP contribution in [0.3, 0.4) is 0 Å². The first kappa shape index (κ1) is 12.7. The van der Waals surface area contributed by atoms with Crippen LogP contribution in [0.25, 0.3) is 0 Å². The molecule has 16 heavy (non-hydrogen) atoms. The maximum absolute atomic E-state index is 5.68. The van der Waals surface area contributed by atoms with Gasteiger partial charge in [0.25, 0.3) is 0 Å². The normalized spacial score (nSPS) is 25.9. The van der Waals surface area contributed by atoms with Crippen LogP contribution in [0.15, 0.2) is 21.9 Å². The Hall–Kier alpha value is -1.32. The minimum Gasteiger partial charge on any atom is -0.404 e. The van der Waals surface area contributed by atoms with Crippen molar-refractivity contribution in [1.29, 1.82) is 0 Å². The number of nitrogens with zero attached hydrogens (tertiary/aromatic N) is 2. The van der Waals surface area contributed by atoms with Gasteiger partial charge in [0.15, 0.2) is 0 Å². The number of nitrogens with one attached hydrogen (secondary N) is 1. The third kappa shape index (κ3) is 3.08. The Balaban J connectivity index is 2.64. The lowest BCUT2D eigenvalue weighted by Gasteiger charge is -2.18. The van der Waals surface area contributed by atoms with E-state index in [0.29, 0.717) is 5.92 Å². The molecule has 0 aliphatic carbocycles. The van der Waals surface area contributed by atoms with Gasteiger partial charge >= 0.3 is 0 Å². The van der Waals surface area contributed by atoms with Crippen molar-refractivity contribution in [2.45, 2.75) is 39.7 Å². The molecule has 0 aromatic carbocycles. The molecule has 3 N–H and O–H groups in total. The van der Waals surface area contributed by atoms with Crippen LogP contribution in [0.4, 0.5) is 0 Å². The minimum atomic E-state index is 0.176. The lowest BCUT2D eigenvalue weighted by Crippen LogP contribution is -2.32. The zero-order valence-electron chi connectivity index (χ0n) is 10.4. The van der Waals surface area contributed by atoms with E-state index >= 15 is 0 Å². The first-order valence-corrected chi connectivity index (χ1v) is 5.92. The van der Waals surface area contributed by atoms with Crippen LogP contribution in [-0.2, 0) is 0 Å². The van der Waals surface area contributed by atoms with Crippen LogP contribution in [0.5, 0.6) is 0 Å². The van der Waals surface area contributed by atoms with Crippen molar-refractivity contribution < 1.29 is 0 Å². The van der Waals surface area contributed by atoms with Crippen molar-refractivity contribution in [2.24, 2.45) is 21.7 Å². The standard InChI is InChI=1S/C12H22N4/c1-4-5-6-14-10(3)11(7-13)12-9(2)8-15-16-12/h7-9,12,16H,4-6,13H2,1-3H3/b11-7+,14-10?. The Labute approximate surface area is 97.7 Å². The van der Waals surface area contributed by atoms with Crippen LogP contribution in [0.1, 0.15) is 33.6 Å². The first-order chi connectivity index (χ1) is 7.70. The van der Waals surface area contributed by atoms with Crippen LogP contribution in [-0.4, -0.2) is 24.5 Å². The molecule has 0 bridgehead atoms. The van der Waals surface area contributed by atoms with Crippen molar-refractivity contribution in [3.63, 3.8) is 0 Å². The molecule has 0 spiro atoms. The van der Waals surface area contributed by atoms with Gasteiger partial charge in [-0.2, -0.15) is 5.10 Å². The zero-order valence-corrected chi connectivity index (χ0v) is 10.4. The molecular weight excluding hydrogens is 200 g/mol. The van der Waals surface area contributed by atoms with E-state index in [9.17, 15) is 0 Å². The van der Waals surface area contributed by atoms with E-state index in [-0.39, 0.29) is 6.04 Å². The Morgan fingerprint density at radius 3 is 2.88 bits per heavy atom. The molecule has 0 aromatic heterocycles. The molecule has 0 saturated heterocycles. The number of aliphatic imine (C=N–C) groups is 1. The molecule has 0 fully saturated rings. The molecule has 1 rings (SSSR count). The van der Waals surface area contributed by atoms with Crippen molar-refractivity contribution in [1.82, 2.24) is 5.43 Å². The van der Waals surface area contributed by atoms with Gasteiger partial charge < -0.3 is 11.2 Å². The molecule has 4 nitrogen and oxygen atoms in total. The smallest absolute Gasteiger partial charge is 0.0796 e. The summed E-state index contributed by atoms with van der Waals surface area (Å²) in [6, 6.07) is 0.176. The summed E-state index contributed by atoms with van der Waals surface area (Å²) in [5.41, 5.74) is 10.8. The van der Waals surface area contributed by atoms with E-state index in [1.54, 1.807) is 6.20 Å². The predicted molar refractivity (Wildman–Crippen MR) is 69.7 cm³/mol. The van der Waals surface area contributed by atoms with Gasteiger partial charge in [0, 0.05) is 36.2 Å². The lowest BCUT2D eigenvalue weighted by molar-refractivity contribution is 0.579. The molecule has 0 amide bonds. The second-order valence-electron chi connectivity index (χ2n) is 4.19. The Bertz CT molecular complexity index is 304. The summed E-state index contributed by atoms with van der Waals surface area (Å²) in [6.07, 6.45) is 5.85. The molecule has 1 aliphatic rings. The average Bonchev–Trinajstić information content (AvgIpc) is 2.67. The Morgan fingerprint density at radius 2 is 2.38 bits per heavy atom. The highest BCUT2D eigenvalue weighted by molar-refractivity contribution is 6.00. The average molecular weight is 222 g/mol. The van der Waals surface area contributed by atoms with Gasteiger partial charge in [-0.05, 0) is 13.3 Å². The van der Waals surface area contributed by atoms with E-state index < -0.39 is 0 Å². The van der Waals surface area contributed by atoms with Crippen LogP contribution < -0.4 is 11.2 Å². The molecule has 2 atom stereocenters. The molecule has 0 aromatic rings. The topological polar surface area (TPSA) is 62.8 Å². The third-order valence-electron chi connectivity index (χ3n) is 2.84. The van der Waals surface area contributed by atoms with Gasteiger partial charge in [0.1, 0.15) is 0 Å². The molecule has 4 heteroatoms. The van der Waals surface area contributed by atoms with E-state index in [2.05, 4.69) is 29.4 Å². The number of hydrogen-bond donors (Lipinski definition) is 2. The fourth-order valence-corrected chi connectivity index (χ4v) is 1.74. The Kier molecular flexibility index (Phi) is 5.02. The summed E-state index contributed by atoms with van der Waals surface area (Å²) < 4.78 is 0. The van der Waals surface area contributed by atoms with Crippen molar-refractivity contribution >= 4 is 11.9 Å². The SMILES string of the molecule is CCCCN=C(C)/C(=C\N)C1NN=CC1C. The second kappa shape index (κ2) is 6.30. The summed E-state index contributed by atoms with van der Waals surface area (Å²) in [5, 5.41) is 4.07. The van der Waals surface area contributed by atoms with Crippen molar-refractivity contribution in [3.8, 4) is 0 Å². The number of hydrazone groups is 1. The largest absolute Gasteiger partial charge is 0.404 e. The fourth-order valence-electron chi connectivity index (χ4n) is 1.74. The Morgan fingerprint density at radius 1 is 1.62 bits per heavy atom. The number of unbranched alkanes of at least 4 members (excludes halogenated alkanes) is 1. The molecule has 0 saturated carbocycles. The number of hydrogen-bond acceptors (Lipinski definition) is 4. The highest BCUT2D eigenvalue weighted by atomic mass is 15.3. The predicted octanol–water partition coefficient (Wildman–Crippen LogP) is 1.68. The van der Waals surface area contributed by atoms with Crippen molar-refractivity contribution in [2.75, 3.05) is 6.54 Å². The van der Waals surface area contributed by atoms with Gasteiger partial charge in [-0.25, -0.2) is 0 Å². The quantitative estimate of drug-likeness (QED) is 0.549. The van der Waals surface area contributed by atoms with Gasteiger partial charge in [-0.15, -0.1) is 0 Å².